The van der Waals surface area contributed by atoms with Gasteiger partial charge in [0, 0.05) is 39.1 Å². The normalized spacial score (nSPS) is 14.8. The van der Waals surface area contributed by atoms with Gasteiger partial charge in [-0.05, 0) is 49.1 Å². The van der Waals surface area contributed by atoms with Crippen molar-refractivity contribution in [2.75, 3.05) is 32.8 Å². The number of ether oxygens (including phenoxy) is 1. The Bertz CT molecular complexity index is 842. The first-order chi connectivity index (χ1) is 14.2. The van der Waals surface area contributed by atoms with E-state index in [-0.39, 0.29) is 5.91 Å². The molecule has 0 bridgehead atoms. The maximum atomic E-state index is 12.8. The topological polar surface area (TPSA) is 56.6 Å². The number of carbonyl (C=O) groups is 1. The summed E-state index contributed by atoms with van der Waals surface area (Å²) in [6.07, 6.45) is 2.21. The van der Waals surface area contributed by atoms with Gasteiger partial charge in [0.15, 0.2) is 0 Å². The van der Waals surface area contributed by atoms with Crippen molar-refractivity contribution in [1.82, 2.24) is 9.80 Å². The van der Waals surface area contributed by atoms with Crippen LogP contribution in [-0.4, -0.2) is 48.5 Å². The van der Waals surface area contributed by atoms with Gasteiger partial charge in [-0.2, -0.15) is 5.26 Å². The van der Waals surface area contributed by atoms with Crippen molar-refractivity contribution < 1.29 is 9.53 Å². The van der Waals surface area contributed by atoms with Crippen LogP contribution in [-0.2, 0) is 17.8 Å². The Hall–Kier alpha value is -2.84. The Balaban J connectivity index is 1.49. The first kappa shape index (κ1) is 20.9. The summed E-state index contributed by atoms with van der Waals surface area (Å²) in [7, 11) is 0. The van der Waals surface area contributed by atoms with Crippen molar-refractivity contribution in [3.63, 3.8) is 0 Å². The molecule has 1 saturated heterocycles. The number of nitrogens with zero attached hydrogens (tertiary/aromatic N) is 3. The van der Waals surface area contributed by atoms with Crippen LogP contribution in [0.4, 0.5) is 0 Å². The Kier molecular flexibility index (Phi) is 7.66. The SMILES string of the molecule is CCOc1ccccc1CCC(=O)N1CCCN(Cc2ccc(C#N)cc2)CC1. The van der Waals surface area contributed by atoms with Gasteiger partial charge in [-0.1, -0.05) is 30.3 Å². The summed E-state index contributed by atoms with van der Waals surface area (Å²) in [5, 5.41) is 8.92. The predicted molar refractivity (Wildman–Crippen MR) is 114 cm³/mol. The van der Waals surface area contributed by atoms with Crippen LogP contribution in [0.2, 0.25) is 0 Å². The molecule has 0 aromatic heterocycles. The highest BCUT2D eigenvalue weighted by Gasteiger charge is 2.19. The summed E-state index contributed by atoms with van der Waals surface area (Å²) in [5.74, 6) is 1.10. The van der Waals surface area contributed by atoms with E-state index in [0.29, 0.717) is 25.0 Å². The van der Waals surface area contributed by atoms with Crippen LogP contribution < -0.4 is 4.74 Å². The van der Waals surface area contributed by atoms with E-state index in [1.54, 1.807) is 0 Å². The van der Waals surface area contributed by atoms with E-state index in [1.807, 2.05) is 60.4 Å². The molecule has 2 aromatic rings. The fraction of sp³-hybridized carbons (Fsp3) is 0.417. The van der Waals surface area contributed by atoms with Crippen LogP contribution in [0.5, 0.6) is 5.75 Å². The molecule has 0 aliphatic carbocycles. The molecule has 1 fully saturated rings. The van der Waals surface area contributed by atoms with Gasteiger partial charge < -0.3 is 9.64 Å². The lowest BCUT2D eigenvalue weighted by Crippen LogP contribution is -2.35. The summed E-state index contributed by atoms with van der Waals surface area (Å²) in [6, 6.07) is 17.9. The minimum Gasteiger partial charge on any atom is -0.494 e. The molecule has 5 heteroatoms. The highest BCUT2D eigenvalue weighted by molar-refractivity contribution is 5.76. The van der Waals surface area contributed by atoms with Gasteiger partial charge >= 0.3 is 0 Å². The van der Waals surface area contributed by atoms with Crippen molar-refractivity contribution in [2.24, 2.45) is 0 Å². The number of carbonyl (C=O) groups excluding carboxylic acids is 1. The van der Waals surface area contributed by atoms with Gasteiger partial charge in [0.05, 0.1) is 18.2 Å². The smallest absolute Gasteiger partial charge is 0.222 e. The molecular formula is C24H29N3O2. The summed E-state index contributed by atoms with van der Waals surface area (Å²) >= 11 is 0. The molecule has 1 amide bonds. The Morgan fingerprint density at radius 2 is 1.86 bits per heavy atom. The van der Waals surface area contributed by atoms with Crippen molar-refractivity contribution in [2.45, 2.75) is 32.7 Å². The molecule has 0 atom stereocenters. The molecule has 1 heterocycles. The Morgan fingerprint density at radius 3 is 2.62 bits per heavy atom. The third kappa shape index (κ3) is 6.07. The number of amides is 1. The summed E-state index contributed by atoms with van der Waals surface area (Å²) in [5.41, 5.74) is 2.99. The van der Waals surface area contributed by atoms with Crippen LogP contribution in [0, 0.1) is 11.3 Å². The average molecular weight is 392 g/mol. The van der Waals surface area contributed by atoms with Gasteiger partial charge in [0.1, 0.15) is 5.75 Å². The van der Waals surface area contributed by atoms with Gasteiger partial charge in [-0.3, -0.25) is 9.69 Å². The van der Waals surface area contributed by atoms with Gasteiger partial charge in [-0.25, -0.2) is 0 Å². The van der Waals surface area contributed by atoms with E-state index >= 15 is 0 Å². The highest BCUT2D eigenvalue weighted by Crippen LogP contribution is 2.20. The highest BCUT2D eigenvalue weighted by atomic mass is 16.5. The number of para-hydroxylation sites is 1. The number of benzene rings is 2. The van der Waals surface area contributed by atoms with Crippen LogP contribution in [0.1, 0.15) is 36.5 Å². The van der Waals surface area contributed by atoms with Crippen LogP contribution in [0.3, 0.4) is 0 Å². The number of hydrogen-bond donors (Lipinski definition) is 0. The minimum absolute atomic E-state index is 0.219. The Labute approximate surface area is 173 Å². The van der Waals surface area contributed by atoms with Crippen molar-refractivity contribution in [3.8, 4) is 11.8 Å². The van der Waals surface area contributed by atoms with Gasteiger partial charge in [0.25, 0.3) is 0 Å². The number of rotatable bonds is 7. The maximum Gasteiger partial charge on any atom is 0.222 e. The fourth-order valence-electron chi connectivity index (χ4n) is 3.73. The second kappa shape index (κ2) is 10.6. The zero-order valence-corrected chi connectivity index (χ0v) is 17.1. The molecular weight excluding hydrogens is 362 g/mol. The molecule has 1 aliphatic heterocycles. The Morgan fingerprint density at radius 1 is 1.07 bits per heavy atom. The van der Waals surface area contributed by atoms with Crippen LogP contribution >= 0.6 is 0 Å². The fourth-order valence-corrected chi connectivity index (χ4v) is 3.73. The molecule has 0 spiro atoms. The molecule has 1 aliphatic rings. The molecule has 0 N–H and O–H groups in total. The molecule has 5 nitrogen and oxygen atoms in total. The quantitative estimate of drug-likeness (QED) is 0.723. The third-order valence-corrected chi connectivity index (χ3v) is 5.31. The van der Waals surface area contributed by atoms with Gasteiger partial charge in [0.2, 0.25) is 5.91 Å². The van der Waals surface area contributed by atoms with Crippen molar-refractivity contribution in [1.29, 1.82) is 5.26 Å². The van der Waals surface area contributed by atoms with Gasteiger partial charge in [-0.15, -0.1) is 0 Å². The van der Waals surface area contributed by atoms with Crippen LogP contribution in [0.15, 0.2) is 48.5 Å². The lowest BCUT2D eigenvalue weighted by molar-refractivity contribution is -0.131. The first-order valence-corrected chi connectivity index (χ1v) is 10.4. The summed E-state index contributed by atoms with van der Waals surface area (Å²) in [6.45, 7) is 6.90. The number of hydrogen-bond acceptors (Lipinski definition) is 4. The summed E-state index contributed by atoms with van der Waals surface area (Å²) < 4.78 is 5.67. The molecule has 0 saturated carbocycles. The molecule has 152 valence electrons. The zero-order valence-electron chi connectivity index (χ0n) is 17.1. The number of aryl methyl sites for hydroxylation is 1. The van der Waals surface area contributed by atoms with E-state index in [2.05, 4.69) is 11.0 Å². The lowest BCUT2D eigenvalue weighted by atomic mass is 10.1. The second-order valence-electron chi connectivity index (χ2n) is 7.36. The van der Waals surface area contributed by atoms with E-state index in [1.165, 1.54) is 5.56 Å². The monoisotopic (exact) mass is 391 g/mol. The van der Waals surface area contributed by atoms with Crippen molar-refractivity contribution >= 4 is 5.91 Å². The second-order valence-corrected chi connectivity index (χ2v) is 7.36. The summed E-state index contributed by atoms with van der Waals surface area (Å²) in [4.78, 5) is 17.2. The third-order valence-electron chi connectivity index (χ3n) is 5.31. The molecule has 2 aromatic carbocycles. The van der Waals surface area contributed by atoms with E-state index in [9.17, 15) is 4.79 Å². The molecule has 29 heavy (non-hydrogen) atoms. The minimum atomic E-state index is 0.219. The molecule has 3 rings (SSSR count). The van der Waals surface area contributed by atoms with Crippen LogP contribution in [0.25, 0.3) is 0 Å². The predicted octanol–water partition coefficient (Wildman–Crippen LogP) is 3.62. The standard InChI is InChI=1S/C24H29N3O2/c1-2-29-23-7-4-3-6-22(23)12-13-24(28)27-15-5-14-26(16-17-27)19-21-10-8-20(18-25)9-11-21/h3-4,6-11H,2,5,12-17,19H2,1H3. The zero-order chi connectivity index (χ0) is 20.5. The maximum absolute atomic E-state index is 12.8. The largest absolute Gasteiger partial charge is 0.494 e. The molecule has 0 radical (unpaired) electrons. The van der Waals surface area contributed by atoms with E-state index in [0.717, 1.165) is 50.5 Å². The van der Waals surface area contributed by atoms with E-state index in [4.69, 9.17) is 10.00 Å². The first-order valence-electron chi connectivity index (χ1n) is 10.4. The lowest BCUT2D eigenvalue weighted by Gasteiger charge is -2.22. The van der Waals surface area contributed by atoms with Crippen molar-refractivity contribution in [3.05, 3.63) is 65.2 Å². The van der Waals surface area contributed by atoms with E-state index < -0.39 is 0 Å². The molecule has 0 unspecified atom stereocenters. The number of nitriles is 1. The average Bonchev–Trinajstić information content (AvgIpc) is 2.99.